The molecule has 0 aliphatic heterocycles. The minimum atomic E-state index is 0. The Balaban J connectivity index is 0.00000121. The van der Waals surface area contributed by atoms with Crippen molar-refractivity contribution in [3.05, 3.63) is 20.9 Å². The first kappa shape index (κ1) is 12.4. The molecule has 0 spiro atoms. The molecule has 0 unspecified atom stereocenters. The van der Waals surface area contributed by atoms with Crippen LogP contribution in [0.25, 0.3) is 0 Å². The van der Waals surface area contributed by atoms with Gasteiger partial charge >= 0.3 is 79.2 Å². The normalized spacial score (nSPS) is 21.6. The van der Waals surface area contributed by atoms with E-state index >= 15 is 0 Å². The Kier molecular flexibility index (Phi) is 3.76. The van der Waals surface area contributed by atoms with E-state index in [2.05, 4.69) is 52.9 Å². The zero-order valence-corrected chi connectivity index (χ0v) is 10.7. The topological polar surface area (TPSA) is 0 Å². The molecular formula is C10H16ClRh. The van der Waals surface area contributed by atoms with Crippen LogP contribution in [0.5, 0.6) is 0 Å². The Labute approximate surface area is 91.6 Å². The second-order valence-corrected chi connectivity index (χ2v) is 4.61. The van der Waals surface area contributed by atoms with Gasteiger partial charge < -0.3 is 0 Å². The second kappa shape index (κ2) is 3.64. The quantitative estimate of drug-likeness (QED) is 0.592. The van der Waals surface area contributed by atoms with Gasteiger partial charge in [-0.2, -0.15) is 0 Å². The standard InChI is InChI=1S/C10H15.ClH.Rh/c1-7-6-10(4,5)9(3)8(7)2;;/h1-5H3;1H;. The smallest absolute Gasteiger partial charge is 0.147 e. The number of hydrogen-bond donors (Lipinski definition) is 0. The molecule has 0 radical (unpaired) electrons. The minimum Gasteiger partial charge on any atom is -0.147 e. The molecule has 0 aromatic rings. The largest absolute Gasteiger partial charge is 0.147 e. The van der Waals surface area contributed by atoms with Crippen molar-refractivity contribution >= 4 is 12.4 Å². The van der Waals surface area contributed by atoms with Crippen molar-refractivity contribution in [2.45, 2.75) is 34.6 Å². The van der Waals surface area contributed by atoms with E-state index in [0.717, 1.165) is 0 Å². The van der Waals surface area contributed by atoms with Gasteiger partial charge in [0.2, 0.25) is 0 Å². The van der Waals surface area contributed by atoms with Crippen molar-refractivity contribution in [2.75, 3.05) is 0 Å². The van der Waals surface area contributed by atoms with Gasteiger partial charge in [0.25, 0.3) is 0 Å². The molecule has 1 aliphatic rings. The first-order chi connectivity index (χ1) is 4.89. The Morgan fingerprint density at radius 2 is 1.42 bits per heavy atom. The Morgan fingerprint density at radius 1 is 1.00 bits per heavy atom. The fourth-order valence-electron chi connectivity index (χ4n) is 1.53. The molecule has 0 N–H and O–H groups in total. The summed E-state index contributed by atoms with van der Waals surface area (Å²) >= 11 is 3.07. The zero-order chi connectivity index (χ0) is 8.81. The van der Waals surface area contributed by atoms with Gasteiger partial charge in [0.05, 0.1) is 0 Å². The van der Waals surface area contributed by atoms with E-state index in [4.69, 9.17) is 0 Å². The van der Waals surface area contributed by atoms with Gasteiger partial charge in [-0.3, -0.25) is 0 Å². The Hall–Kier alpha value is 0.393. The second-order valence-electron chi connectivity index (χ2n) is 3.79. The van der Waals surface area contributed by atoms with E-state index in [9.17, 15) is 0 Å². The van der Waals surface area contributed by atoms with E-state index in [1.165, 1.54) is 20.9 Å². The van der Waals surface area contributed by atoms with Gasteiger partial charge in [0.15, 0.2) is 0 Å². The van der Waals surface area contributed by atoms with Crippen LogP contribution in [0.1, 0.15) is 34.6 Å². The van der Waals surface area contributed by atoms with Crippen LogP contribution in [-0.2, 0) is 18.3 Å². The molecule has 72 valence electrons. The van der Waals surface area contributed by atoms with Crippen molar-refractivity contribution in [1.82, 2.24) is 0 Å². The summed E-state index contributed by atoms with van der Waals surface area (Å²) in [6, 6.07) is 0. The zero-order valence-electron chi connectivity index (χ0n) is 8.24. The number of halogens is 1. The monoisotopic (exact) mass is 274 g/mol. The SMILES string of the molecule is CC1=C(C)C(C)(C)[C]([Rh])=C1C.Cl. The molecule has 0 atom stereocenters. The molecule has 0 aromatic carbocycles. The van der Waals surface area contributed by atoms with Crippen molar-refractivity contribution in [3.8, 4) is 0 Å². The average molecular weight is 275 g/mol. The van der Waals surface area contributed by atoms with Crippen molar-refractivity contribution in [1.29, 1.82) is 0 Å². The van der Waals surface area contributed by atoms with E-state index in [1.54, 1.807) is 0 Å². The third-order valence-corrected chi connectivity index (χ3v) is 4.53. The summed E-state index contributed by atoms with van der Waals surface area (Å²) in [6.07, 6.45) is 0. The maximum atomic E-state index is 3.07. The molecular weight excluding hydrogens is 258 g/mol. The average Bonchev–Trinajstić information content (AvgIpc) is 2.06. The molecule has 0 bridgehead atoms. The van der Waals surface area contributed by atoms with Crippen LogP contribution in [0, 0.1) is 5.41 Å². The van der Waals surface area contributed by atoms with Crippen molar-refractivity contribution < 1.29 is 18.3 Å². The predicted molar refractivity (Wildman–Crippen MR) is 52.1 cm³/mol. The minimum absolute atomic E-state index is 0. The maximum Gasteiger partial charge on any atom is -0.147 e. The Morgan fingerprint density at radius 3 is 1.50 bits per heavy atom. The summed E-state index contributed by atoms with van der Waals surface area (Å²) in [5.41, 5.74) is 4.68. The van der Waals surface area contributed by atoms with Crippen molar-refractivity contribution in [2.24, 2.45) is 5.41 Å². The number of allylic oxidation sites excluding steroid dienone is 4. The first-order valence-corrected chi connectivity index (χ1v) is 4.74. The summed E-state index contributed by atoms with van der Waals surface area (Å²) in [7, 11) is 0. The Bertz CT molecular complexity index is 233. The summed E-state index contributed by atoms with van der Waals surface area (Å²) in [6.45, 7) is 11.2. The van der Waals surface area contributed by atoms with Gasteiger partial charge in [0, 0.05) is 0 Å². The fraction of sp³-hybridized carbons (Fsp3) is 0.600. The van der Waals surface area contributed by atoms with Crippen LogP contribution in [0.2, 0.25) is 0 Å². The van der Waals surface area contributed by atoms with Gasteiger partial charge in [-0.25, -0.2) is 0 Å². The molecule has 0 amide bonds. The summed E-state index contributed by atoms with van der Waals surface area (Å²) in [5, 5.41) is 0. The summed E-state index contributed by atoms with van der Waals surface area (Å²) in [4.78, 5) is 0. The molecule has 0 aromatic heterocycles. The van der Waals surface area contributed by atoms with Gasteiger partial charge in [-0.1, -0.05) is 0 Å². The third kappa shape index (κ3) is 1.54. The van der Waals surface area contributed by atoms with Crippen LogP contribution in [0.4, 0.5) is 0 Å². The molecule has 0 fully saturated rings. The van der Waals surface area contributed by atoms with E-state index in [0.29, 0.717) is 0 Å². The fourth-order valence-corrected chi connectivity index (χ4v) is 2.15. The molecule has 1 rings (SSSR count). The van der Waals surface area contributed by atoms with Gasteiger partial charge in [0.1, 0.15) is 0 Å². The number of hydrogen-bond acceptors (Lipinski definition) is 0. The molecule has 2 heteroatoms. The van der Waals surface area contributed by atoms with Crippen LogP contribution in [-0.4, -0.2) is 0 Å². The van der Waals surface area contributed by atoms with Gasteiger partial charge in [-0.15, -0.1) is 12.4 Å². The molecule has 0 nitrogen and oxygen atoms in total. The molecule has 0 heterocycles. The van der Waals surface area contributed by atoms with E-state index in [1.807, 2.05) is 0 Å². The van der Waals surface area contributed by atoms with Crippen molar-refractivity contribution in [3.63, 3.8) is 0 Å². The van der Waals surface area contributed by atoms with E-state index in [-0.39, 0.29) is 17.8 Å². The van der Waals surface area contributed by atoms with Crippen LogP contribution >= 0.6 is 12.4 Å². The van der Waals surface area contributed by atoms with E-state index < -0.39 is 0 Å². The number of rotatable bonds is 0. The summed E-state index contributed by atoms with van der Waals surface area (Å²) < 4.78 is 1.42. The molecule has 1 aliphatic carbocycles. The van der Waals surface area contributed by atoms with Crippen LogP contribution < -0.4 is 0 Å². The first-order valence-electron chi connectivity index (χ1n) is 3.92. The molecule has 0 saturated carbocycles. The van der Waals surface area contributed by atoms with Crippen LogP contribution in [0.3, 0.4) is 0 Å². The van der Waals surface area contributed by atoms with Gasteiger partial charge in [-0.05, 0) is 0 Å². The van der Waals surface area contributed by atoms with Crippen LogP contribution in [0.15, 0.2) is 20.9 Å². The maximum absolute atomic E-state index is 3.07. The predicted octanol–water partition coefficient (Wildman–Crippen LogP) is 3.61. The molecule has 12 heavy (non-hydrogen) atoms. The molecule has 0 saturated heterocycles. The summed E-state index contributed by atoms with van der Waals surface area (Å²) in [5.74, 6) is 0. The third-order valence-electron chi connectivity index (χ3n) is 2.90.